The van der Waals surface area contributed by atoms with Crippen molar-refractivity contribution in [3.05, 3.63) is 0 Å². The Kier molecular flexibility index (Phi) is 3.99. The lowest BCUT2D eigenvalue weighted by atomic mass is 10.1. The Morgan fingerprint density at radius 2 is 2.00 bits per heavy atom. The highest BCUT2D eigenvalue weighted by Crippen LogP contribution is 1.99. The Balaban J connectivity index is 3.92. The van der Waals surface area contributed by atoms with Gasteiger partial charge in [-0.25, -0.2) is 4.72 Å². The first-order valence-electron chi connectivity index (χ1n) is 2.63. The van der Waals surface area contributed by atoms with E-state index in [1.165, 1.54) is 6.92 Å². The molecule has 0 aliphatic heterocycles. The number of hydrogen-bond donors (Lipinski definition) is 3. The minimum Gasteiger partial charge on any atom is -0.760 e. The van der Waals surface area contributed by atoms with Gasteiger partial charge in [0.2, 0.25) is 0 Å². The molecule has 0 bridgehead atoms. The van der Waals surface area contributed by atoms with Crippen molar-refractivity contribution in [3.8, 4) is 0 Å². The Bertz CT molecular complexity index is 124. The normalized spacial score (nSPS) is 15.2. The molecule has 0 heterocycles. The minimum absolute atomic E-state index is 0.433. The Morgan fingerprint density at radius 1 is 1.60 bits per heavy atom. The lowest BCUT2D eigenvalue weighted by Gasteiger charge is -2.26. The maximum Gasteiger partial charge on any atom is 0.0727 e. The second-order valence-electron chi connectivity index (χ2n) is 2.21. The summed E-state index contributed by atoms with van der Waals surface area (Å²) < 4.78 is 22.0. The van der Waals surface area contributed by atoms with Crippen LogP contribution in [0.15, 0.2) is 0 Å². The van der Waals surface area contributed by atoms with Crippen molar-refractivity contribution in [2.75, 3.05) is 13.2 Å². The van der Waals surface area contributed by atoms with E-state index >= 15 is 0 Å². The number of hydrogen-bond acceptors (Lipinski definition) is 4. The van der Waals surface area contributed by atoms with Crippen molar-refractivity contribution in [1.29, 1.82) is 0 Å². The standard InChI is InChI=1S/C4H11NO4S/c1-4(2-6,3-7)5-10(8)9/h5-7H,2-3H2,1H3,(H,8,9)/p-1. The van der Waals surface area contributed by atoms with Crippen LogP contribution in [0, 0.1) is 0 Å². The van der Waals surface area contributed by atoms with Gasteiger partial charge in [-0.15, -0.1) is 0 Å². The first-order valence-corrected chi connectivity index (χ1v) is 3.70. The quantitative estimate of drug-likeness (QED) is 0.428. The highest BCUT2D eigenvalue weighted by atomic mass is 32.2. The van der Waals surface area contributed by atoms with E-state index in [1.807, 2.05) is 4.72 Å². The van der Waals surface area contributed by atoms with Crippen molar-refractivity contribution in [2.45, 2.75) is 12.5 Å². The first-order chi connectivity index (χ1) is 4.54. The lowest BCUT2D eigenvalue weighted by molar-refractivity contribution is 0.121. The summed E-state index contributed by atoms with van der Waals surface area (Å²) in [6, 6.07) is 0. The molecule has 0 amide bonds. The number of rotatable bonds is 4. The van der Waals surface area contributed by atoms with Crippen LogP contribution in [-0.2, 0) is 11.3 Å². The molecule has 0 spiro atoms. The van der Waals surface area contributed by atoms with Gasteiger partial charge in [-0.2, -0.15) is 0 Å². The molecule has 0 saturated heterocycles. The van der Waals surface area contributed by atoms with E-state index in [4.69, 9.17) is 10.2 Å². The monoisotopic (exact) mass is 168 g/mol. The summed E-state index contributed by atoms with van der Waals surface area (Å²) in [5, 5.41) is 17.1. The molecule has 0 radical (unpaired) electrons. The molecule has 0 aliphatic carbocycles. The van der Waals surface area contributed by atoms with Crippen LogP contribution in [0.5, 0.6) is 0 Å². The van der Waals surface area contributed by atoms with E-state index in [2.05, 4.69) is 0 Å². The number of nitrogens with one attached hydrogen (secondary N) is 1. The van der Waals surface area contributed by atoms with Gasteiger partial charge in [-0.3, -0.25) is 4.21 Å². The fourth-order valence-electron chi connectivity index (χ4n) is 0.316. The van der Waals surface area contributed by atoms with E-state index < -0.39 is 30.0 Å². The van der Waals surface area contributed by atoms with Crippen LogP contribution in [0.4, 0.5) is 0 Å². The van der Waals surface area contributed by atoms with Gasteiger partial charge in [-0.1, -0.05) is 0 Å². The Labute approximate surface area is 61.5 Å². The third kappa shape index (κ3) is 3.23. The molecule has 0 fully saturated rings. The molecular formula is C4H10NO4S-. The molecule has 6 heteroatoms. The molecule has 3 N–H and O–H groups in total. The maximum absolute atomic E-state index is 10.00. The smallest absolute Gasteiger partial charge is 0.0727 e. The zero-order valence-corrected chi connectivity index (χ0v) is 6.35. The van der Waals surface area contributed by atoms with Gasteiger partial charge in [0.15, 0.2) is 0 Å². The van der Waals surface area contributed by atoms with E-state index in [0.717, 1.165) is 0 Å². The largest absolute Gasteiger partial charge is 0.760 e. The number of aliphatic hydroxyl groups is 2. The molecule has 1 unspecified atom stereocenters. The minimum atomic E-state index is -2.45. The summed E-state index contributed by atoms with van der Waals surface area (Å²) in [5.41, 5.74) is -1.15. The summed E-state index contributed by atoms with van der Waals surface area (Å²) >= 11 is -2.45. The zero-order valence-electron chi connectivity index (χ0n) is 5.53. The third-order valence-electron chi connectivity index (χ3n) is 1.03. The van der Waals surface area contributed by atoms with Crippen LogP contribution in [-0.4, -0.2) is 37.7 Å². The summed E-state index contributed by atoms with van der Waals surface area (Å²) in [7, 11) is 0. The predicted octanol–water partition coefficient (Wildman–Crippen LogP) is -1.89. The van der Waals surface area contributed by atoms with Crippen molar-refractivity contribution < 1.29 is 19.0 Å². The molecule has 0 aromatic heterocycles. The van der Waals surface area contributed by atoms with Crippen molar-refractivity contribution in [3.63, 3.8) is 0 Å². The maximum atomic E-state index is 10.00. The van der Waals surface area contributed by atoms with Crippen LogP contribution in [0.3, 0.4) is 0 Å². The molecule has 0 aromatic carbocycles. The first kappa shape index (κ1) is 9.99. The zero-order chi connectivity index (χ0) is 8.20. The van der Waals surface area contributed by atoms with Gasteiger partial charge in [0.1, 0.15) is 0 Å². The van der Waals surface area contributed by atoms with E-state index in [9.17, 15) is 8.76 Å². The van der Waals surface area contributed by atoms with Crippen molar-refractivity contribution >= 4 is 11.3 Å². The van der Waals surface area contributed by atoms with Crippen molar-refractivity contribution in [2.24, 2.45) is 0 Å². The van der Waals surface area contributed by atoms with Crippen LogP contribution >= 0.6 is 0 Å². The summed E-state index contributed by atoms with van der Waals surface area (Å²) in [4.78, 5) is 0. The molecule has 0 aromatic rings. The lowest BCUT2D eigenvalue weighted by Crippen LogP contribution is -2.49. The van der Waals surface area contributed by atoms with Gasteiger partial charge in [-0.05, 0) is 6.92 Å². The van der Waals surface area contributed by atoms with E-state index in [1.54, 1.807) is 0 Å². The summed E-state index contributed by atoms with van der Waals surface area (Å²) in [5.74, 6) is 0. The third-order valence-corrected chi connectivity index (χ3v) is 1.69. The van der Waals surface area contributed by atoms with E-state index in [-0.39, 0.29) is 0 Å². The summed E-state index contributed by atoms with van der Waals surface area (Å²) in [6.07, 6.45) is 0. The van der Waals surface area contributed by atoms with Gasteiger partial charge in [0.25, 0.3) is 0 Å². The van der Waals surface area contributed by atoms with Crippen LogP contribution in [0.1, 0.15) is 6.92 Å². The van der Waals surface area contributed by atoms with Gasteiger partial charge >= 0.3 is 0 Å². The Hall–Kier alpha value is -0.0100. The van der Waals surface area contributed by atoms with Gasteiger partial charge in [0, 0.05) is 11.3 Å². The fourth-order valence-corrected chi connectivity index (χ4v) is 0.847. The second kappa shape index (κ2) is 3.99. The predicted molar refractivity (Wildman–Crippen MR) is 34.6 cm³/mol. The van der Waals surface area contributed by atoms with Crippen LogP contribution < -0.4 is 4.72 Å². The van der Waals surface area contributed by atoms with Crippen molar-refractivity contribution in [1.82, 2.24) is 4.72 Å². The molecular weight excluding hydrogens is 158 g/mol. The summed E-state index contributed by atoms with van der Waals surface area (Å²) in [6.45, 7) is 0.526. The molecule has 62 valence electrons. The fraction of sp³-hybridized carbons (Fsp3) is 1.00. The van der Waals surface area contributed by atoms with Gasteiger partial charge in [0.05, 0.1) is 18.8 Å². The topological polar surface area (TPSA) is 92.6 Å². The molecule has 10 heavy (non-hydrogen) atoms. The molecule has 0 rings (SSSR count). The SMILES string of the molecule is CC(CO)(CO)NS(=O)[O-]. The molecule has 0 aliphatic rings. The van der Waals surface area contributed by atoms with Crippen LogP contribution in [0.25, 0.3) is 0 Å². The van der Waals surface area contributed by atoms with E-state index in [0.29, 0.717) is 0 Å². The second-order valence-corrected chi connectivity index (χ2v) is 2.89. The highest BCUT2D eigenvalue weighted by Gasteiger charge is 2.21. The molecule has 0 saturated carbocycles. The average Bonchev–Trinajstić information content (AvgIpc) is 1.87. The average molecular weight is 168 g/mol. The molecule has 5 nitrogen and oxygen atoms in total. The highest BCUT2D eigenvalue weighted by molar-refractivity contribution is 7.77. The number of aliphatic hydroxyl groups excluding tert-OH is 2. The molecule has 1 atom stereocenters. The van der Waals surface area contributed by atoms with Gasteiger partial charge < -0.3 is 14.8 Å². The van der Waals surface area contributed by atoms with Crippen LogP contribution in [0.2, 0.25) is 0 Å². The Morgan fingerprint density at radius 3 is 2.10 bits per heavy atom.